The van der Waals surface area contributed by atoms with Crippen molar-refractivity contribution in [2.24, 2.45) is 22.7 Å². The number of hydrogen-bond acceptors (Lipinski definition) is 5. The van der Waals surface area contributed by atoms with Gasteiger partial charge in [0.2, 0.25) is 5.91 Å². The number of carbonyl (C=O) groups excluding carboxylic acids is 2. The van der Waals surface area contributed by atoms with E-state index in [-0.39, 0.29) is 23.7 Å². The van der Waals surface area contributed by atoms with E-state index in [4.69, 9.17) is 10.9 Å². The van der Waals surface area contributed by atoms with Crippen molar-refractivity contribution >= 4 is 17.8 Å². The number of amidine groups is 1. The molecule has 2 unspecified atom stereocenters. The van der Waals surface area contributed by atoms with Crippen molar-refractivity contribution in [1.29, 1.82) is 0 Å². The number of hydrogen-bond donors (Lipinski definition) is 3. The summed E-state index contributed by atoms with van der Waals surface area (Å²) in [5.74, 6) is -1.01. The molecule has 0 bridgehead atoms. The predicted molar refractivity (Wildman–Crippen MR) is 72.3 cm³/mol. The van der Waals surface area contributed by atoms with Gasteiger partial charge in [-0.1, -0.05) is 19.0 Å². The van der Waals surface area contributed by atoms with Crippen LogP contribution >= 0.6 is 0 Å². The number of methoxy groups -OCH3 is 1. The topological polar surface area (TPSA) is 117 Å². The van der Waals surface area contributed by atoms with Crippen molar-refractivity contribution in [3.05, 3.63) is 0 Å². The molecule has 0 aromatic carbocycles. The van der Waals surface area contributed by atoms with Gasteiger partial charge >= 0.3 is 6.09 Å². The van der Waals surface area contributed by atoms with Gasteiger partial charge < -0.3 is 25.9 Å². The third-order valence-electron chi connectivity index (χ3n) is 3.37. The highest BCUT2D eigenvalue weighted by atomic mass is 16.5. The van der Waals surface area contributed by atoms with Gasteiger partial charge in [0, 0.05) is 13.1 Å². The molecule has 0 aliphatic carbocycles. The SMILES string of the molecule is COC(=O)NC1CCN(C(=O)C(C(N)=NO)C(C)C)C1. The molecule has 1 aliphatic rings. The van der Waals surface area contributed by atoms with Gasteiger partial charge in [-0.2, -0.15) is 0 Å². The van der Waals surface area contributed by atoms with Crippen molar-refractivity contribution < 1.29 is 19.5 Å². The van der Waals surface area contributed by atoms with Crippen LogP contribution in [0.4, 0.5) is 4.79 Å². The Hall–Kier alpha value is -1.99. The third-order valence-corrected chi connectivity index (χ3v) is 3.37. The number of amides is 2. The lowest BCUT2D eigenvalue weighted by molar-refractivity contribution is -0.133. The van der Waals surface area contributed by atoms with Crippen LogP contribution in [0.3, 0.4) is 0 Å². The molecular formula is C12H22N4O4. The molecule has 1 heterocycles. The molecule has 0 aromatic heterocycles. The fraction of sp³-hybridized carbons (Fsp3) is 0.750. The van der Waals surface area contributed by atoms with Crippen molar-refractivity contribution in [3.63, 3.8) is 0 Å². The van der Waals surface area contributed by atoms with Crippen LogP contribution in [-0.4, -0.2) is 54.2 Å². The van der Waals surface area contributed by atoms with Crippen molar-refractivity contribution in [2.45, 2.75) is 26.3 Å². The van der Waals surface area contributed by atoms with Gasteiger partial charge in [0.15, 0.2) is 5.84 Å². The number of rotatable bonds is 4. The first kappa shape index (κ1) is 16.1. The largest absolute Gasteiger partial charge is 0.453 e. The second-order valence-electron chi connectivity index (χ2n) is 5.15. The minimum absolute atomic E-state index is 0.0778. The number of nitrogens with two attached hydrogens (primary N) is 1. The quantitative estimate of drug-likeness (QED) is 0.290. The van der Waals surface area contributed by atoms with Crippen molar-refractivity contribution in [3.8, 4) is 0 Å². The molecule has 0 radical (unpaired) electrons. The lowest BCUT2D eigenvalue weighted by Gasteiger charge is -2.25. The molecule has 2 amide bonds. The number of carbonyl (C=O) groups is 2. The molecule has 0 spiro atoms. The second-order valence-corrected chi connectivity index (χ2v) is 5.15. The molecule has 4 N–H and O–H groups in total. The average Bonchev–Trinajstić information content (AvgIpc) is 2.86. The number of likely N-dealkylation sites (tertiary alicyclic amines) is 1. The minimum atomic E-state index is -0.656. The zero-order valence-corrected chi connectivity index (χ0v) is 12.0. The summed E-state index contributed by atoms with van der Waals surface area (Å²) in [6, 6.07) is -0.133. The van der Waals surface area contributed by atoms with E-state index in [2.05, 4.69) is 15.2 Å². The fourth-order valence-corrected chi connectivity index (χ4v) is 2.32. The average molecular weight is 286 g/mol. The summed E-state index contributed by atoms with van der Waals surface area (Å²) < 4.78 is 4.52. The number of nitrogens with one attached hydrogen (secondary N) is 1. The van der Waals surface area contributed by atoms with Crippen LogP contribution < -0.4 is 11.1 Å². The maximum atomic E-state index is 12.4. The first-order chi connectivity index (χ1) is 9.40. The van der Waals surface area contributed by atoms with Crippen LogP contribution in [-0.2, 0) is 9.53 Å². The Morgan fingerprint density at radius 3 is 2.65 bits per heavy atom. The van der Waals surface area contributed by atoms with Crippen LogP contribution in [0.1, 0.15) is 20.3 Å². The summed E-state index contributed by atoms with van der Waals surface area (Å²) in [4.78, 5) is 25.1. The van der Waals surface area contributed by atoms with Crippen LogP contribution in [0.25, 0.3) is 0 Å². The third kappa shape index (κ3) is 3.75. The number of ether oxygens (including phenoxy) is 1. The van der Waals surface area contributed by atoms with E-state index in [1.54, 1.807) is 4.90 Å². The summed E-state index contributed by atoms with van der Waals surface area (Å²) >= 11 is 0. The predicted octanol–water partition coefficient (Wildman–Crippen LogP) is -0.0381. The van der Waals surface area contributed by atoms with E-state index >= 15 is 0 Å². The van der Waals surface area contributed by atoms with E-state index < -0.39 is 12.0 Å². The maximum absolute atomic E-state index is 12.4. The van der Waals surface area contributed by atoms with Crippen molar-refractivity contribution in [1.82, 2.24) is 10.2 Å². The lowest BCUT2D eigenvalue weighted by atomic mass is 9.93. The molecule has 114 valence electrons. The first-order valence-corrected chi connectivity index (χ1v) is 6.51. The van der Waals surface area contributed by atoms with E-state index in [1.807, 2.05) is 13.8 Å². The Kier molecular flexibility index (Phi) is 5.60. The zero-order valence-electron chi connectivity index (χ0n) is 12.0. The van der Waals surface area contributed by atoms with E-state index in [0.717, 1.165) is 0 Å². The van der Waals surface area contributed by atoms with Gasteiger partial charge in [0.25, 0.3) is 0 Å². The molecule has 8 nitrogen and oxygen atoms in total. The monoisotopic (exact) mass is 286 g/mol. The molecular weight excluding hydrogens is 264 g/mol. The van der Waals surface area contributed by atoms with E-state index in [0.29, 0.717) is 19.5 Å². The molecule has 8 heteroatoms. The van der Waals surface area contributed by atoms with Crippen LogP contribution in [0.2, 0.25) is 0 Å². The highest BCUT2D eigenvalue weighted by Gasteiger charge is 2.35. The van der Waals surface area contributed by atoms with E-state index in [9.17, 15) is 9.59 Å². The standard InChI is InChI=1S/C12H22N4O4/c1-7(2)9(10(13)15-19)11(17)16-5-4-8(6-16)14-12(18)20-3/h7-9,19H,4-6H2,1-3H3,(H2,13,15)(H,14,18). The number of oxime groups is 1. The maximum Gasteiger partial charge on any atom is 0.407 e. The molecule has 0 aromatic rings. The Labute approximate surface area is 117 Å². The molecule has 1 saturated heterocycles. The summed E-state index contributed by atoms with van der Waals surface area (Å²) in [5.41, 5.74) is 5.59. The Bertz CT molecular complexity index is 397. The fourth-order valence-electron chi connectivity index (χ4n) is 2.32. The van der Waals surface area contributed by atoms with Gasteiger partial charge in [0.05, 0.1) is 13.2 Å². The molecule has 1 aliphatic heterocycles. The first-order valence-electron chi connectivity index (χ1n) is 6.51. The summed E-state index contributed by atoms with van der Waals surface area (Å²) in [7, 11) is 1.29. The van der Waals surface area contributed by atoms with Gasteiger partial charge in [-0.15, -0.1) is 0 Å². The molecule has 20 heavy (non-hydrogen) atoms. The van der Waals surface area contributed by atoms with Gasteiger partial charge in [0.1, 0.15) is 5.92 Å². The Morgan fingerprint density at radius 2 is 2.15 bits per heavy atom. The normalized spacial score (nSPS) is 20.9. The summed E-state index contributed by atoms with van der Waals surface area (Å²) in [6.07, 6.45) is 0.142. The summed E-state index contributed by atoms with van der Waals surface area (Å²) in [6.45, 7) is 4.59. The van der Waals surface area contributed by atoms with E-state index in [1.165, 1.54) is 7.11 Å². The number of alkyl carbamates (subject to hydrolysis) is 1. The molecule has 1 rings (SSSR count). The highest BCUT2D eigenvalue weighted by Crippen LogP contribution is 2.19. The Balaban J connectivity index is 2.67. The lowest BCUT2D eigenvalue weighted by Crippen LogP contribution is -2.45. The van der Waals surface area contributed by atoms with Crippen LogP contribution in [0.5, 0.6) is 0 Å². The smallest absolute Gasteiger partial charge is 0.407 e. The highest BCUT2D eigenvalue weighted by molar-refractivity contribution is 6.02. The molecule has 0 saturated carbocycles. The molecule has 1 fully saturated rings. The second kappa shape index (κ2) is 6.97. The Morgan fingerprint density at radius 1 is 1.50 bits per heavy atom. The van der Waals surface area contributed by atoms with Crippen LogP contribution in [0.15, 0.2) is 5.16 Å². The number of nitrogens with zero attached hydrogens (tertiary/aromatic N) is 2. The zero-order chi connectivity index (χ0) is 15.3. The van der Waals surface area contributed by atoms with Gasteiger partial charge in [-0.25, -0.2) is 4.79 Å². The molecule has 2 atom stereocenters. The summed E-state index contributed by atoms with van der Waals surface area (Å²) in [5, 5.41) is 14.4. The van der Waals surface area contributed by atoms with Crippen molar-refractivity contribution in [2.75, 3.05) is 20.2 Å². The van der Waals surface area contributed by atoms with Crippen LogP contribution in [0, 0.1) is 11.8 Å². The van der Waals surface area contributed by atoms with Gasteiger partial charge in [-0.05, 0) is 12.3 Å². The van der Waals surface area contributed by atoms with Gasteiger partial charge in [-0.3, -0.25) is 4.79 Å². The minimum Gasteiger partial charge on any atom is -0.453 e.